The SMILES string of the molecule is CCCC.CCCC.C[n+]1ccc(C(C)(C)C)cc1.C[n+]1cccc(CCS(=O)(=O)[O-])c1. The number of rotatable bonds is 5. The van der Waals surface area contributed by atoms with Gasteiger partial charge in [-0.25, -0.2) is 17.6 Å². The van der Waals surface area contributed by atoms with Crippen LogP contribution >= 0.6 is 0 Å². The fourth-order valence-electron chi connectivity index (χ4n) is 2.04. The Hall–Kier alpha value is -1.79. The standard InChI is InChI=1S/C10H16N.C8H11NO3S.2C4H10/c1-10(2,3)9-5-7-11(4)8-6-9;1-9-5-2-3-8(7-9)4-6-13(10,11)12;2*1-3-4-2/h5-8H,1-4H3;2-3,5,7H,4,6H2,1H3;2*3-4H2,1-2H3/q+1;;;. The van der Waals surface area contributed by atoms with Gasteiger partial charge in [-0.3, -0.25) is 0 Å². The predicted molar refractivity (Wildman–Crippen MR) is 133 cm³/mol. The van der Waals surface area contributed by atoms with Gasteiger partial charge in [0.05, 0.1) is 10.1 Å². The molecule has 0 amide bonds. The molecule has 184 valence electrons. The predicted octanol–water partition coefficient (Wildman–Crippen LogP) is 5.02. The molecule has 2 aromatic heterocycles. The number of nitrogens with zero attached hydrogens (tertiary/aromatic N) is 2. The summed E-state index contributed by atoms with van der Waals surface area (Å²) in [7, 11) is -0.218. The Morgan fingerprint density at radius 3 is 1.62 bits per heavy atom. The minimum absolute atomic E-state index is 0.272. The van der Waals surface area contributed by atoms with Crippen molar-refractivity contribution in [2.75, 3.05) is 5.75 Å². The van der Waals surface area contributed by atoms with E-state index in [9.17, 15) is 13.0 Å². The summed E-state index contributed by atoms with van der Waals surface area (Å²) in [4.78, 5) is 0. The Balaban J connectivity index is 0. The van der Waals surface area contributed by atoms with E-state index >= 15 is 0 Å². The van der Waals surface area contributed by atoms with Gasteiger partial charge in [0.15, 0.2) is 24.8 Å². The maximum absolute atomic E-state index is 10.3. The minimum atomic E-state index is -4.09. The van der Waals surface area contributed by atoms with Gasteiger partial charge < -0.3 is 4.55 Å². The molecule has 2 rings (SSSR count). The highest BCUT2D eigenvalue weighted by Gasteiger charge is 2.13. The highest BCUT2D eigenvalue weighted by atomic mass is 32.2. The molecule has 0 aliphatic rings. The van der Waals surface area contributed by atoms with E-state index in [1.807, 2.05) is 30.9 Å². The molecule has 0 fully saturated rings. The number of aryl methyl sites for hydroxylation is 3. The van der Waals surface area contributed by atoms with E-state index in [0.717, 1.165) is 5.56 Å². The van der Waals surface area contributed by atoms with Crippen LogP contribution in [-0.2, 0) is 36.0 Å². The van der Waals surface area contributed by atoms with Gasteiger partial charge in [-0.05, 0) is 23.5 Å². The number of hydrogen-bond donors (Lipinski definition) is 0. The second kappa shape index (κ2) is 17.7. The first-order valence-corrected chi connectivity index (χ1v) is 13.2. The molecule has 2 aromatic rings. The molecule has 5 nitrogen and oxygen atoms in total. The van der Waals surface area contributed by atoms with Crippen LogP contribution in [-0.4, -0.2) is 18.7 Å². The van der Waals surface area contributed by atoms with Gasteiger partial charge >= 0.3 is 0 Å². The molecule has 0 unspecified atom stereocenters. The molecule has 0 bridgehead atoms. The summed E-state index contributed by atoms with van der Waals surface area (Å²) in [5.41, 5.74) is 2.51. The van der Waals surface area contributed by atoms with Crippen LogP contribution < -0.4 is 9.13 Å². The van der Waals surface area contributed by atoms with Crippen molar-refractivity contribution < 1.29 is 22.1 Å². The van der Waals surface area contributed by atoms with Crippen LogP contribution in [0.2, 0.25) is 0 Å². The van der Waals surface area contributed by atoms with Crippen molar-refractivity contribution in [1.82, 2.24) is 0 Å². The molecule has 2 heterocycles. The zero-order chi connectivity index (χ0) is 25.2. The maximum Gasteiger partial charge on any atom is 0.171 e. The molecule has 0 radical (unpaired) electrons. The molecule has 0 aromatic carbocycles. The van der Waals surface area contributed by atoms with E-state index in [-0.39, 0.29) is 17.6 Å². The van der Waals surface area contributed by atoms with Gasteiger partial charge in [0.1, 0.15) is 14.1 Å². The van der Waals surface area contributed by atoms with Crippen LogP contribution in [0.15, 0.2) is 49.1 Å². The van der Waals surface area contributed by atoms with Gasteiger partial charge in [-0.2, -0.15) is 0 Å². The third-order valence-corrected chi connectivity index (χ3v) is 5.19. The van der Waals surface area contributed by atoms with Crippen molar-refractivity contribution in [2.24, 2.45) is 14.1 Å². The van der Waals surface area contributed by atoms with E-state index in [1.165, 1.54) is 31.2 Å². The van der Waals surface area contributed by atoms with Crippen LogP contribution in [0.4, 0.5) is 0 Å². The monoisotopic (exact) mass is 467 g/mol. The zero-order valence-electron chi connectivity index (χ0n) is 21.9. The van der Waals surface area contributed by atoms with Crippen molar-refractivity contribution in [3.8, 4) is 0 Å². The quantitative estimate of drug-likeness (QED) is 0.458. The summed E-state index contributed by atoms with van der Waals surface area (Å²) in [6.45, 7) is 15.4. The number of unbranched alkanes of at least 4 members (excludes halogenated alkanes) is 2. The number of aromatic nitrogens is 2. The Morgan fingerprint density at radius 1 is 0.812 bits per heavy atom. The summed E-state index contributed by atoms with van der Waals surface area (Å²) < 4.78 is 34.8. The average Bonchev–Trinajstić information content (AvgIpc) is 2.72. The molecule has 0 aliphatic heterocycles. The lowest BCUT2D eigenvalue weighted by molar-refractivity contribution is -0.671. The lowest BCUT2D eigenvalue weighted by Crippen LogP contribution is -2.27. The van der Waals surface area contributed by atoms with Gasteiger partial charge in [-0.15, -0.1) is 0 Å². The minimum Gasteiger partial charge on any atom is -0.748 e. The lowest BCUT2D eigenvalue weighted by atomic mass is 9.88. The van der Waals surface area contributed by atoms with Crippen LogP contribution in [0.5, 0.6) is 0 Å². The van der Waals surface area contributed by atoms with Gasteiger partial charge in [0.25, 0.3) is 0 Å². The third kappa shape index (κ3) is 20.1. The largest absolute Gasteiger partial charge is 0.748 e. The van der Waals surface area contributed by atoms with Crippen molar-refractivity contribution in [3.63, 3.8) is 0 Å². The Kier molecular flexibility index (Phi) is 17.9. The Morgan fingerprint density at radius 2 is 1.28 bits per heavy atom. The average molecular weight is 468 g/mol. The molecular weight excluding hydrogens is 420 g/mol. The maximum atomic E-state index is 10.3. The number of hydrogen-bond acceptors (Lipinski definition) is 3. The van der Waals surface area contributed by atoms with E-state index < -0.39 is 10.1 Å². The summed E-state index contributed by atoms with van der Waals surface area (Å²) in [6.07, 6.45) is 13.4. The lowest BCUT2D eigenvalue weighted by Gasteiger charge is -2.17. The first-order chi connectivity index (χ1) is 14.8. The summed E-state index contributed by atoms with van der Waals surface area (Å²) in [6, 6.07) is 7.94. The van der Waals surface area contributed by atoms with E-state index in [2.05, 4.69) is 77.6 Å². The molecule has 0 saturated carbocycles. The van der Waals surface area contributed by atoms with E-state index in [1.54, 1.807) is 12.3 Å². The van der Waals surface area contributed by atoms with Crippen molar-refractivity contribution >= 4 is 10.1 Å². The highest BCUT2D eigenvalue weighted by molar-refractivity contribution is 7.85. The smallest absolute Gasteiger partial charge is 0.171 e. The molecule has 6 heteroatoms. The Bertz CT molecular complexity index is 804. The fraction of sp³-hybridized carbons (Fsp3) is 0.615. The van der Waals surface area contributed by atoms with Crippen molar-refractivity contribution in [2.45, 2.75) is 86.0 Å². The zero-order valence-corrected chi connectivity index (χ0v) is 22.7. The Labute approximate surface area is 198 Å². The molecule has 0 N–H and O–H groups in total. The van der Waals surface area contributed by atoms with E-state index in [4.69, 9.17) is 0 Å². The molecule has 0 aliphatic carbocycles. The second-order valence-electron chi connectivity index (χ2n) is 8.89. The molecule has 0 spiro atoms. The van der Waals surface area contributed by atoms with Gasteiger partial charge in [-0.1, -0.05) is 74.1 Å². The van der Waals surface area contributed by atoms with Gasteiger partial charge in [0, 0.05) is 29.5 Å². The van der Waals surface area contributed by atoms with Crippen LogP contribution in [0.1, 0.15) is 85.3 Å². The summed E-state index contributed by atoms with van der Waals surface area (Å²) >= 11 is 0. The molecule has 0 saturated heterocycles. The van der Waals surface area contributed by atoms with Gasteiger partial charge in [0.2, 0.25) is 0 Å². The second-order valence-corrected chi connectivity index (χ2v) is 10.4. The first kappa shape index (κ1) is 32.4. The molecule has 32 heavy (non-hydrogen) atoms. The summed E-state index contributed by atoms with van der Waals surface area (Å²) in [5, 5.41) is 0. The van der Waals surface area contributed by atoms with Crippen molar-refractivity contribution in [3.05, 3.63) is 60.2 Å². The van der Waals surface area contributed by atoms with E-state index in [0.29, 0.717) is 0 Å². The highest BCUT2D eigenvalue weighted by Crippen LogP contribution is 2.19. The molecular formula is C26H47N2O3S+. The summed E-state index contributed by atoms with van der Waals surface area (Å²) in [5.74, 6) is -0.336. The normalized spacial score (nSPS) is 10.6. The number of pyridine rings is 2. The van der Waals surface area contributed by atoms with Crippen LogP contribution in [0.3, 0.4) is 0 Å². The first-order valence-electron chi connectivity index (χ1n) is 11.6. The van der Waals surface area contributed by atoms with Crippen LogP contribution in [0, 0.1) is 0 Å². The fourth-order valence-corrected chi connectivity index (χ4v) is 2.53. The van der Waals surface area contributed by atoms with Crippen molar-refractivity contribution in [1.29, 1.82) is 0 Å². The molecule has 0 atom stereocenters. The van der Waals surface area contributed by atoms with Crippen LogP contribution in [0.25, 0.3) is 0 Å². The third-order valence-electron chi connectivity index (χ3n) is 4.49. The topological polar surface area (TPSA) is 65.0 Å².